The minimum Gasteiger partial charge on any atom is -0.497 e. The largest absolute Gasteiger partial charge is 0.497 e. The molecule has 1 spiro atoms. The van der Waals surface area contributed by atoms with Gasteiger partial charge >= 0.3 is 0 Å². The van der Waals surface area contributed by atoms with Crippen molar-refractivity contribution in [3.05, 3.63) is 168 Å². The summed E-state index contributed by atoms with van der Waals surface area (Å²) in [4.78, 5) is 31.2. The highest BCUT2D eigenvalue weighted by atomic mass is 28.3. The molecule has 6 aromatic rings. The normalized spacial score (nSPS) is 21.6. The van der Waals surface area contributed by atoms with Crippen LogP contribution in [0, 0.1) is 5.92 Å². The fraction of sp³-hybridized carbons (Fsp3) is 0.300. The maximum absolute atomic E-state index is 15.6. The van der Waals surface area contributed by atoms with Gasteiger partial charge < -0.3 is 19.5 Å². The number of anilines is 2. The van der Waals surface area contributed by atoms with Gasteiger partial charge in [-0.3, -0.25) is 14.3 Å². The van der Waals surface area contributed by atoms with Crippen LogP contribution in [0.3, 0.4) is 0 Å². The van der Waals surface area contributed by atoms with Gasteiger partial charge in [-0.05, 0) is 59.0 Å². The quantitative estimate of drug-likeness (QED) is 0.118. The summed E-state index contributed by atoms with van der Waals surface area (Å²) in [6, 6.07) is 44.0. The van der Waals surface area contributed by atoms with E-state index in [1.165, 1.54) is 10.2 Å². The minimum atomic E-state index is -2.47. The Bertz CT molecular complexity index is 2590. The van der Waals surface area contributed by atoms with Crippen LogP contribution in [0.4, 0.5) is 11.4 Å². The predicted molar refractivity (Wildman–Crippen MR) is 243 cm³/mol. The number of carbonyl (C=O) groups excluding carboxylic acids is 2. The summed E-state index contributed by atoms with van der Waals surface area (Å²) >= 11 is 0. The third-order valence-electron chi connectivity index (χ3n) is 13.3. The SMILES string of the molecule is COc1ccc([Si](C)(C)[C@H]2[C@H](CCn3cc(C(CO)c4ccccc4)nn3)O[C@@]3(C(=O)N(Cc4ccccc4)c4ccc(N5N=C(c6ccccc6)CCC5=O)cc43)[C@@H]2C)cc1. The molecule has 9 rings (SSSR count). The Morgan fingerprint density at radius 1 is 0.887 bits per heavy atom. The molecular weight excluding hydrogens is 793 g/mol. The molecule has 4 heterocycles. The molecule has 0 aliphatic carbocycles. The number of carbonyl (C=O) groups is 2. The summed E-state index contributed by atoms with van der Waals surface area (Å²) in [5.41, 5.74) is 5.22. The molecule has 11 nitrogen and oxygen atoms in total. The van der Waals surface area contributed by atoms with E-state index < -0.39 is 13.7 Å². The third kappa shape index (κ3) is 7.35. The molecule has 5 atom stereocenters. The van der Waals surface area contributed by atoms with E-state index >= 15 is 4.79 Å². The highest BCUT2D eigenvalue weighted by Gasteiger charge is 2.66. The van der Waals surface area contributed by atoms with Gasteiger partial charge in [0.25, 0.3) is 5.91 Å². The van der Waals surface area contributed by atoms with Crippen molar-refractivity contribution in [3.8, 4) is 5.75 Å². The monoisotopic (exact) mass is 844 g/mol. The van der Waals surface area contributed by atoms with Gasteiger partial charge in [-0.15, -0.1) is 5.10 Å². The van der Waals surface area contributed by atoms with Crippen LogP contribution in [0.2, 0.25) is 18.6 Å². The molecule has 0 saturated carbocycles. The lowest BCUT2D eigenvalue weighted by atomic mass is 9.82. The lowest BCUT2D eigenvalue weighted by molar-refractivity contribution is -0.146. The van der Waals surface area contributed by atoms with Crippen LogP contribution in [0.5, 0.6) is 5.75 Å². The zero-order valence-corrected chi connectivity index (χ0v) is 36.6. The minimum absolute atomic E-state index is 0.0233. The fourth-order valence-corrected chi connectivity index (χ4v) is 14.2. The van der Waals surface area contributed by atoms with Gasteiger partial charge in [-0.1, -0.05) is 134 Å². The topological polar surface area (TPSA) is 122 Å². The highest BCUT2D eigenvalue weighted by molar-refractivity contribution is 6.91. The van der Waals surface area contributed by atoms with Crippen molar-refractivity contribution in [2.24, 2.45) is 11.0 Å². The van der Waals surface area contributed by atoms with Crippen molar-refractivity contribution in [3.63, 3.8) is 0 Å². The van der Waals surface area contributed by atoms with Crippen molar-refractivity contribution < 1.29 is 24.2 Å². The molecule has 0 bridgehead atoms. The molecule has 2 amide bonds. The van der Waals surface area contributed by atoms with Gasteiger partial charge in [-0.2, -0.15) is 5.10 Å². The maximum Gasteiger partial charge on any atom is 0.264 e. The first-order valence-corrected chi connectivity index (χ1v) is 24.5. The fourth-order valence-electron chi connectivity index (χ4n) is 10.1. The van der Waals surface area contributed by atoms with Gasteiger partial charge in [0.2, 0.25) is 5.91 Å². The van der Waals surface area contributed by atoms with Crippen LogP contribution < -0.4 is 19.8 Å². The molecule has 12 heteroatoms. The summed E-state index contributed by atoms with van der Waals surface area (Å²) in [5.74, 6) is 0.0132. The Morgan fingerprint density at radius 3 is 2.27 bits per heavy atom. The first kappa shape index (κ1) is 41.2. The first-order chi connectivity index (χ1) is 30.1. The van der Waals surface area contributed by atoms with Crippen LogP contribution in [0.15, 0.2) is 145 Å². The number of rotatable bonds is 13. The zero-order valence-electron chi connectivity index (χ0n) is 35.6. The van der Waals surface area contributed by atoms with Crippen molar-refractivity contribution in [2.45, 2.75) is 75.5 Å². The predicted octanol–water partition coefficient (Wildman–Crippen LogP) is 7.80. The Labute approximate surface area is 363 Å². The second-order valence-electron chi connectivity index (χ2n) is 17.2. The third-order valence-corrected chi connectivity index (χ3v) is 17.7. The number of fused-ring (bicyclic) bond motifs is 2. The summed E-state index contributed by atoms with van der Waals surface area (Å²) in [5, 5.41) is 27.1. The number of aliphatic hydroxyl groups is 1. The van der Waals surface area contributed by atoms with Crippen molar-refractivity contribution >= 4 is 42.2 Å². The molecule has 3 aliphatic heterocycles. The average molecular weight is 845 g/mol. The van der Waals surface area contributed by atoms with Crippen LogP contribution in [-0.2, 0) is 33.0 Å². The van der Waals surface area contributed by atoms with E-state index in [0.29, 0.717) is 43.7 Å². The second kappa shape index (κ2) is 16.9. The van der Waals surface area contributed by atoms with Crippen molar-refractivity contribution in [1.82, 2.24) is 15.0 Å². The Kier molecular flexibility index (Phi) is 11.2. The molecule has 0 radical (unpaired) electrons. The molecule has 1 aromatic heterocycles. The van der Waals surface area contributed by atoms with E-state index in [1.807, 2.05) is 137 Å². The molecule has 5 aromatic carbocycles. The smallest absolute Gasteiger partial charge is 0.264 e. The summed E-state index contributed by atoms with van der Waals surface area (Å²) in [6.07, 6.45) is 3.00. The van der Waals surface area contributed by atoms with Crippen LogP contribution in [0.1, 0.15) is 60.1 Å². The van der Waals surface area contributed by atoms with Gasteiger partial charge in [-0.25, -0.2) is 5.01 Å². The Hall–Kier alpha value is -6.21. The van der Waals surface area contributed by atoms with E-state index in [0.717, 1.165) is 39.4 Å². The van der Waals surface area contributed by atoms with E-state index in [9.17, 15) is 9.90 Å². The lowest BCUT2D eigenvalue weighted by Gasteiger charge is -2.37. The number of nitrogens with zero attached hydrogens (tertiary/aromatic N) is 6. The standard InChI is InChI=1S/C50H52N6O5Si/c1-34-48(62(3,4)40-23-21-39(60-2)22-24-40)46(28-29-54-32-44(51-53-54)41(33-57)36-16-10-6-11-17-36)61-50(34)42-30-38(56-47(58)27-25-43(52-56)37-18-12-7-13-19-37)20-26-45(42)55(49(50)59)31-35-14-8-5-9-15-35/h5-24,26,30,32,34,41,46,48,57H,25,27-29,31,33H2,1-4H3/t34-,41?,46+,48-,50+/m1/s1. The molecule has 1 N–H and O–H groups in total. The Balaban J connectivity index is 1.13. The first-order valence-electron chi connectivity index (χ1n) is 21.5. The maximum atomic E-state index is 15.6. The van der Waals surface area contributed by atoms with Gasteiger partial charge in [0.15, 0.2) is 5.60 Å². The van der Waals surface area contributed by atoms with Crippen molar-refractivity contribution in [2.75, 3.05) is 23.6 Å². The number of aromatic nitrogens is 3. The van der Waals surface area contributed by atoms with Crippen LogP contribution in [-0.4, -0.2) is 65.5 Å². The number of ether oxygens (including phenoxy) is 2. The van der Waals surface area contributed by atoms with E-state index in [4.69, 9.17) is 14.6 Å². The summed E-state index contributed by atoms with van der Waals surface area (Å²) in [6.45, 7) is 7.69. The second-order valence-corrected chi connectivity index (χ2v) is 21.9. The van der Waals surface area contributed by atoms with E-state index in [-0.39, 0.29) is 41.9 Å². The van der Waals surface area contributed by atoms with Gasteiger partial charge in [0.05, 0.1) is 63.1 Å². The lowest BCUT2D eigenvalue weighted by Crippen LogP contribution is -2.51. The van der Waals surface area contributed by atoms with E-state index in [1.54, 1.807) is 7.11 Å². The molecule has 1 fully saturated rings. The number of amides is 2. The zero-order chi connectivity index (χ0) is 43.0. The molecule has 1 unspecified atom stereocenters. The summed E-state index contributed by atoms with van der Waals surface area (Å²) < 4.78 is 14.9. The number of benzene rings is 5. The number of hydrogen-bond donors (Lipinski definition) is 1. The number of hydrogen-bond acceptors (Lipinski definition) is 8. The average Bonchev–Trinajstić information content (AvgIpc) is 3.97. The number of aryl methyl sites for hydroxylation is 1. The number of aliphatic hydroxyl groups excluding tert-OH is 1. The van der Waals surface area contributed by atoms with Crippen LogP contribution in [0.25, 0.3) is 0 Å². The van der Waals surface area contributed by atoms with Gasteiger partial charge in [0.1, 0.15) is 5.75 Å². The number of methoxy groups -OCH3 is 1. The number of hydrazone groups is 1. The highest BCUT2D eigenvalue weighted by Crippen LogP contribution is 2.60. The molecule has 3 aliphatic rings. The molecule has 316 valence electrons. The molecular formula is C50H52N6O5Si. The Morgan fingerprint density at radius 2 is 1.58 bits per heavy atom. The van der Waals surface area contributed by atoms with Gasteiger partial charge in [0, 0.05) is 37.1 Å². The molecule has 62 heavy (non-hydrogen) atoms. The van der Waals surface area contributed by atoms with E-state index in [2.05, 4.69) is 42.5 Å². The van der Waals surface area contributed by atoms with Crippen molar-refractivity contribution in [1.29, 1.82) is 0 Å². The van der Waals surface area contributed by atoms with Crippen LogP contribution >= 0.6 is 0 Å². The summed E-state index contributed by atoms with van der Waals surface area (Å²) in [7, 11) is -0.796. The molecule has 1 saturated heterocycles.